The van der Waals surface area contributed by atoms with Crippen molar-refractivity contribution in [3.8, 4) is 0 Å². The maximum atomic E-state index is 5.96. The van der Waals surface area contributed by atoms with Crippen LogP contribution in [0.5, 0.6) is 0 Å². The van der Waals surface area contributed by atoms with Gasteiger partial charge in [0.1, 0.15) is 13.9 Å². The van der Waals surface area contributed by atoms with Gasteiger partial charge < -0.3 is 11.5 Å². The molecule has 7 heteroatoms. The van der Waals surface area contributed by atoms with E-state index >= 15 is 0 Å². The molecule has 0 spiro atoms. The Labute approximate surface area is 137 Å². The monoisotopic (exact) mass is 333 g/mol. The summed E-state index contributed by atoms with van der Waals surface area (Å²) in [5.41, 5.74) is 12.7. The van der Waals surface area contributed by atoms with Crippen LogP contribution in [-0.2, 0) is 0 Å². The van der Waals surface area contributed by atoms with Crippen LogP contribution in [0.2, 0.25) is 19.6 Å². The van der Waals surface area contributed by atoms with Crippen LogP contribution in [0.25, 0.3) is 0 Å². The number of nitrogen functional groups attached to an aromatic ring is 2. The number of hydrogen-bond donors (Lipinski definition) is 2. The number of rotatable bonds is 4. The van der Waals surface area contributed by atoms with E-state index in [0.29, 0.717) is 11.7 Å². The molecule has 2 rings (SSSR count). The van der Waals surface area contributed by atoms with Gasteiger partial charge in [0, 0.05) is 22.6 Å². The third-order valence-corrected chi connectivity index (χ3v) is 6.23. The van der Waals surface area contributed by atoms with Crippen molar-refractivity contribution in [2.45, 2.75) is 49.2 Å². The molecule has 0 saturated heterocycles. The van der Waals surface area contributed by atoms with Crippen LogP contribution in [0.1, 0.15) is 25.3 Å². The number of nitrogens with two attached hydrogens (primary N) is 2. The molecule has 0 bridgehead atoms. The van der Waals surface area contributed by atoms with Crippen LogP contribution in [0.3, 0.4) is 0 Å². The zero-order valence-corrected chi connectivity index (χ0v) is 15.5. The Hall–Kier alpha value is -1.60. The quantitative estimate of drug-likeness (QED) is 0.836. The van der Waals surface area contributed by atoms with E-state index in [1.165, 1.54) is 15.8 Å². The Morgan fingerprint density at radius 3 is 2.27 bits per heavy atom. The predicted octanol–water partition coefficient (Wildman–Crippen LogP) is 2.86. The molecule has 4 N–H and O–H groups in total. The number of pyridine rings is 1. The van der Waals surface area contributed by atoms with E-state index in [1.807, 2.05) is 6.20 Å². The molecule has 0 saturated carbocycles. The molecular formula is C15H23N5SSi. The molecule has 2 aromatic rings. The standard InChI is InChI=1S/C15H23N5SSi/c1-9(2)10-7-18-13(22(3,4)5)6-11(10)21-12-8-19-15(17)20-14(12)16/h6-9H,1-5H3,(H4,16,17,19,20). The summed E-state index contributed by atoms with van der Waals surface area (Å²) in [7, 11) is -1.47. The molecule has 0 aliphatic carbocycles. The third-order valence-electron chi connectivity index (χ3n) is 3.31. The Kier molecular flexibility index (Phi) is 4.77. The molecule has 22 heavy (non-hydrogen) atoms. The fourth-order valence-corrected chi connectivity index (χ4v) is 4.18. The average Bonchev–Trinajstić information content (AvgIpc) is 2.40. The normalized spacial score (nSPS) is 11.9. The van der Waals surface area contributed by atoms with Gasteiger partial charge in [-0.2, -0.15) is 4.98 Å². The zero-order valence-electron chi connectivity index (χ0n) is 13.7. The Balaban J connectivity index is 2.47. The number of nitrogens with zero attached hydrogens (tertiary/aromatic N) is 3. The highest BCUT2D eigenvalue weighted by Crippen LogP contribution is 2.35. The average molecular weight is 334 g/mol. The van der Waals surface area contributed by atoms with Crippen molar-refractivity contribution in [1.29, 1.82) is 0 Å². The minimum absolute atomic E-state index is 0.198. The summed E-state index contributed by atoms with van der Waals surface area (Å²) < 4.78 is 0. The van der Waals surface area contributed by atoms with Crippen LogP contribution in [0, 0.1) is 0 Å². The smallest absolute Gasteiger partial charge is 0.221 e. The molecule has 2 aromatic heterocycles. The van der Waals surface area contributed by atoms with Crippen LogP contribution in [0.4, 0.5) is 11.8 Å². The van der Waals surface area contributed by atoms with Crippen LogP contribution < -0.4 is 16.8 Å². The minimum atomic E-state index is -1.47. The molecule has 0 aromatic carbocycles. The zero-order chi connectivity index (χ0) is 16.5. The second-order valence-corrected chi connectivity index (χ2v) is 12.7. The van der Waals surface area contributed by atoms with Gasteiger partial charge >= 0.3 is 0 Å². The van der Waals surface area contributed by atoms with Crippen LogP contribution in [0.15, 0.2) is 28.3 Å². The number of anilines is 2. The second-order valence-electron chi connectivity index (χ2n) is 6.59. The lowest BCUT2D eigenvalue weighted by Gasteiger charge is -2.19. The predicted molar refractivity (Wildman–Crippen MR) is 96.3 cm³/mol. The summed E-state index contributed by atoms with van der Waals surface area (Å²) >= 11 is 1.58. The van der Waals surface area contributed by atoms with E-state index in [0.717, 1.165) is 4.90 Å². The molecule has 0 amide bonds. The Morgan fingerprint density at radius 1 is 1.05 bits per heavy atom. The van der Waals surface area contributed by atoms with E-state index in [1.54, 1.807) is 18.0 Å². The molecule has 0 aliphatic heterocycles. The fourth-order valence-electron chi connectivity index (χ4n) is 1.97. The van der Waals surface area contributed by atoms with Gasteiger partial charge in [-0.15, -0.1) is 0 Å². The van der Waals surface area contributed by atoms with Gasteiger partial charge in [-0.3, -0.25) is 4.98 Å². The molecule has 0 atom stereocenters. The van der Waals surface area contributed by atoms with Gasteiger partial charge in [0.05, 0.1) is 4.90 Å². The Morgan fingerprint density at radius 2 is 1.73 bits per heavy atom. The van der Waals surface area contributed by atoms with E-state index in [9.17, 15) is 0 Å². The Bertz CT molecular complexity index is 682. The first kappa shape index (κ1) is 16.8. The highest BCUT2D eigenvalue weighted by molar-refractivity contribution is 7.99. The highest BCUT2D eigenvalue weighted by atomic mass is 32.2. The molecular weight excluding hydrogens is 310 g/mol. The summed E-state index contributed by atoms with van der Waals surface area (Å²) in [5, 5.41) is 1.19. The van der Waals surface area contributed by atoms with Gasteiger partial charge in [-0.25, -0.2) is 4.98 Å². The van der Waals surface area contributed by atoms with Gasteiger partial charge in [-0.05, 0) is 17.5 Å². The first-order valence-corrected chi connectivity index (χ1v) is 11.6. The first-order chi connectivity index (χ1) is 10.2. The third kappa shape index (κ3) is 3.78. The first-order valence-electron chi connectivity index (χ1n) is 7.24. The molecule has 2 heterocycles. The summed E-state index contributed by atoms with van der Waals surface area (Å²) in [6.07, 6.45) is 3.68. The molecule has 118 valence electrons. The van der Waals surface area contributed by atoms with Crippen molar-refractivity contribution in [3.63, 3.8) is 0 Å². The van der Waals surface area contributed by atoms with Gasteiger partial charge in [0.2, 0.25) is 5.95 Å². The van der Waals surface area contributed by atoms with Gasteiger partial charge in [0.25, 0.3) is 0 Å². The van der Waals surface area contributed by atoms with Crippen LogP contribution in [-0.4, -0.2) is 23.0 Å². The molecule has 0 fully saturated rings. The molecule has 5 nitrogen and oxygen atoms in total. The molecule has 0 aliphatic rings. The largest absolute Gasteiger partial charge is 0.383 e. The van der Waals surface area contributed by atoms with E-state index < -0.39 is 8.07 Å². The van der Waals surface area contributed by atoms with Crippen molar-refractivity contribution < 1.29 is 0 Å². The van der Waals surface area contributed by atoms with E-state index in [4.69, 9.17) is 11.5 Å². The molecule has 0 unspecified atom stereocenters. The van der Waals surface area contributed by atoms with Crippen LogP contribution >= 0.6 is 11.8 Å². The highest BCUT2D eigenvalue weighted by Gasteiger charge is 2.21. The lowest BCUT2D eigenvalue weighted by atomic mass is 10.1. The second kappa shape index (κ2) is 6.25. The molecule has 0 radical (unpaired) electrons. The number of aromatic nitrogens is 3. The lowest BCUT2D eigenvalue weighted by molar-refractivity contribution is 0.834. The van der Waals surface area contributed by atoms with Gasteiger partial charge in [-0.1, -0.05) is 45.3 Å². The van der Waals surface area contributed by atoms with Gasteiger partial charge in [0.15, 0.2) is 0 Å². The maximum Gasteiger partial charge on any atom is 0.221 e. The summed E-state index contributed by atoms with van der Waals surface area (Å²) in [6, 6.07) is 2.20. The summed E-state index contributed by atoms with van der Waals surface area (Å²) in [5.74, 6) is 1.00. The van der Waals surface area contributed by atoms with Crippen molar-refractivity contribution in [2.24, 2.45) is 0 Å². The lowest BCUT2D eigenvalue weighted by Crippen LogP contribution is -2.40. The maximum absolute atomic E-state index is 5.96. The van der Waals surface area contributed by atoms with Crippen molar-refractivity contribution in [2.75, 3.05) is 11.5 Å². The summed E-state index contributed by atoms with van der Waals surface area (Å²) in [4.78, 5) is 14.7. The SMILES string of the molecule is CC(C)c1cnc([Si](C)(C)C)cc1Sc1cnc(N)nc1N. The van der Waals surface area contributed by atoms with E-state index in [-0.39, 0.29) is 5.95 Å². The topological polar surface area (TPSA) is 90.7 Å². The van der Waals surface area contributed by atoms with Crippen molar-refractivity contribution in [3.05, 3.63) is 24.0 Å². The minimum Gasteiger partial charge on any atom is -0.383 e. The summed E-state index contributed by atoms with van der Waals surface area (Å²) in [6.45, 7) is 11.2. The van der Waals surface area contributed by atoms with Crippen molar-refractivity contribution in [1.82, 2.24) is 15.0 Å². The fraction of sp³-hybridized carbons (Fsp3) is 0.400. The van der Waals surface area contributed by atoms with Crippen molar-refractivity contribution >= 4 is 36.9 Å². The number of hydrogen-bond acceptors (Lipinski definition) is 6. The van der Waals surface area contributed by atoms with E-state index in [2.05, 4.69) is 54.5 Å².